The Morgan fingerprint density at radius 1 is 1.19 bits per heavy atom. The van der Waals surface area contributed by atoms with Gasteiger partial charge in [-0.1, -0.05) is 48.8 Å². The zero-order valence-electron chi connectivity index (χ0n) is 17.7. The molecule has 0 saturated heterocycles. The summed E-state index contributed by atoms with van der Waals surface area (Å²) < 4.78 is 39.0. The first-order chi connectivity index (χ1) is 14.7. The van der Waals surface area contributed by atoms with E-state index < -0.39 is 17.8 Å². The van der Waals surface area contributed by atoms with Crippen molar-refractivity contribution < 1.29 is 28.6 Å². The number of hydrogen-bond donors (Lipinski definition) is 3. The van der Waals surface area contributed by atoms with Gasteiger partial charge in [0.2, 0.25) is 0 Å². The molecule has 0 unspecified atom stereocenters. The van der Waals surface area contributed by atoms with E-state index in [0.29, 0.717) is 29.8 Å². The molecule has 2 aromatic carbocycles. The van der Waals surface area contributed by atoms with Crippen LogP contribution in [0.15, 0.2) is 47.6 Å². The third kappa shape index (κ3) is 6.43. The first-order valence-corrected chi connectivity index (χ1v) is 9.75. The number of urea groups is 1. The molecule has 0 aromatic heterocycles. The van der Waals surface area contributed by atoms with Crippen molar-refractivity contribution in [1.82, 2.24) is 10.5 Å². The molecule has 0 fully saturated rings. The minimum atomic E-state index is -4.43. The number of oxime groups is 1. The minimum absolute atomic E-state index is 0.0452. The predicted molar refractivity (Wildman–Crippen MR) is 112 cm³/mol. The highest BCUT2D eigenvalue weighted by atomic mass is 19.4. The number of nitrogens with zero attached hydrogens (tertiary/aromatic N) is 2. The fourth-order valence-corrected chi connectivity index (χ4v) is 2.90. The van der Waals surface area contributed by atoms with Crippen LogP contribution in [-0.4, -0.2) is 23.8 Å². The van der Waals surface area contributed by atoms with Gasteiger partial charge < -0.3 is 10.2 Å². The SMILES string of the molecule is CCC(=NOCc1c(CC)cccc1NC(=O)N(C)N[NH3+])c1cccc(C(F)(F)F)c1. The minimum Gasteiger partial charge on any atom is -0.391 e. The highest BCUT2D eigenvalue weighted by molar-refractivity contribution is 6.00. The maximum atomic E-state index is 13.0. The Morgan fingerprint density at radius 2 is 1.90 bits per heavy atom. The molecule has 2 rings (SSSR count). The van der Waals surface area contributed by atoms with Crippen LogP contribution in [0.25, 0.3) is 0 Å². The number of benzene rings is 2. The highest BCUT2D eigenvalue weighted by Gasteiger charge is 2.30. The quantitative estimate of drug-likeness (QED) is 0.433. The number of hydrazine groups is 1. The molecule has 0 atom stereocenters. The topological polar surface area (TPSA) is 93.6 Å². The second-order valence-corrected chi connectivity index (χ2v) is 6.69. The third-order valence-electron chi connectivity index (χ3n) is 4.68. The zero-order valence-corrected chi connectivity index (χ0v) is 17.7. The van der Waals surface area contributed by atoms with Crippen LogP contribution >= 0.6 is 0 Å². The molecule has 31 heavy (non-hydrogen) atoms. The van der Waals surface area contributed by atoms with Crippen LogP contribution in [0, 0.1) is 0 Å². The maximum absolute atomic E-state index is 13.0. The molecule has 168 valence electrons. The zero-order chi connectivity index (χ0) is 23.0. The van der Waals surface area contributed by atoms with Crippen LogP contribution < -0.4 is 16.7 Å². The first-order valence-electron chi connectivity index (χ1n) is 9.75. The van der Waals surface area contributed by atoms with E-state index in [9.17, 15) is 18.0 Å². The van der Waals surface area contributed by atoms with Crippen molar-refractivity contribution in [3.05, 3.63) is 64.7 Å². The van der Waals surface area contributed by atoms with Gasteiger partial charge in [-0.3, -0.25) is 5.84 Å². The number of amides is 2. The lowest BCUT2D eigenvalue weighted by Gasteiger charge is -2.17. The molecule has 10 heteroatoms. The Labute approximate surface area is 179 Å². The van der Waals surface area contributed by atoms with E-state index in [1.165, 1.54) is 18.1 Å². The molecular formula is C21H27F3N5O2+. The van der Waals surface area contributed by atoms with Crippen molar-refractivity contribution in [1.29, 1.82) is 0 Å². The Bertz CT molecular complexity index is 931. The number of aryl methyl sites for hydroxylation is 1. The smallest absolute Gasteiger partial charge is 0.391 e. The van der Waals surface area contributed by atoms with E-state index in [4.69, 9.17) is 4.84 Å². The van der Waals surface area contributed by atoms with Crippen molar-refractivity contribution >= 4 is 17.4 Å². The van der Waals surface area contributed by atoms with E-state index >= 15 is 0 Å². The number of rotatable bonds is 8. The van der Waals surface area contributed by atoms with Gasteiger partial charge in [-0.25, -0.2) is 9.80 Å². The molecule has 0 heterocycles. The fraction of sp³-hybridized carbons (Fsp3) is 0.333. The molecule has 0 radical (unpaired) electrons. The summed E-state index contributed by atoms with van der Waals surface area (Å²) in [4.78, 5) is 17.7. The lowest BCUT2D eigenvalue weighted by Crippen LogP contribution is -2.72. The predicted octanol–water partition coefficient (Wildman–Crippen LogP) is 3.72. The summed E-state index contributed by atoms with van der Waals surface area (Å²) in [6, 6.07) is 10.0. The summed E-state index contributed by atoms with van der Waals surface area (Å²) in [6.07, 6.45) is -3.34. The molecule has 7 nitrogen and oxygen atoms in total. The molecule has 0 aliphatic heterocycles. The maximum Gasteiger partial charge on any atom is 0.416 e. The summed E-state index contributed by atoms with van der Waals surface area (Å²) in [6.45, 7) is 3.80. The van der Waals surface area contributed by atoms with E-state index in [1.54, 1.807) is 19.1 Å². The highest BCUT2D eigenvalue weighted by Crippen LogP contribution is 2.30. The van der Waals surface area contributed by atoms with E-state index in [-0.39, 0.29) is 6.61 Å². The Balaban J connectivity index is 2.25. The second kappa shape index (κ2) is 10.8. The van der Waals surface area contributed by atoms with Gasteiger partial charge in [-0.15, -0.1) is 0 Å². The lowest BCUT2D eigenvalue weighted by atomic mass is 10.0. The molecule has 5 N–H and O–H groups in total. The van der Waals surface area contributed by atoms with E-state index in [0.717, 1.165) is 23.3 Å². The summed E-state index contributed by atoms with van der Waals surface area (Å²) in [7, 11) is 1.52. The number of anilines is 1. The summed E-state index contributed by atoms with van der Waals surface area (Å²) in [5, 5.41) is 8.04. The van der Waals surface area contributed by atoms with Crippen LogP contribution in [-0.2, 0) is 24.0 Å². The Kier molecular flexibility index (Phi) is 8.40. The summed E-state index contributed by atoms with van der Waals surface area (Å²) in [5.41, 5.74) is 4.71. The number of nitrogens with one attached hydrogen (secondary N) is 2. The molecule has 2 aromatic rings. The van der Waals surface area contributed by atoms with Gasteiger partial charge in [0.05, 0.1) is 11.3 Å². The van der Waals surface area contributed by atoms with Crippen LogP contribution in [0.1, 0.15) is 42.5 Å². The van der Waals surface area contributed by atoms with Gasteiger partial charge in [0.1, 0.15) is 6.61 Å². The van der Waals surface area contributed by atoms with Crippen LogP contribution in [0.5, 0.6) is 0 Å². The summed E-state index contributed by atoms with van der Waals surface area (Å²) >= 11 is 0. The van der Waals surface area contributed by atoms with Gasteiger partial charge >= 0.3 is 12.2 Å². The standard InChI is InChI=1S/C21H26F3N5O2/c1-4-14-8-7-11-19(26-20(30)29(3)28-25)17(14)13-31-27-18(5-2)15-9-6-10-16(12-15)21(22,23)24/h6-12,28H,4-5,13,25H2,1-3H3,(H,26,30)/p+1. The number of hydrogen-bond acceptors (Lipinski definition) is 4. The molecule has 2 amide bonds. The van der Waals surface area contributed by atoms with Gasteiger partial charge in [-0.05, 0) is 42.2 Å². The van der Waals surface area contributed by atoms with Gasteiger partial charge in [-0.2, -0.15) is 13.2 Å². The molecule has 0 saturated carbocycles. The first kappa shape index (κ1) is 24.2. The third-order valence-corrected chi connectivity index (χ3v) is 4.68. The number of carbonyl (C=O) groups is 1. The number of carbonyl (C=O) groups excluding carboxylic acids is 1. The monoisotopic (exact) mass is 438 g/mol. The lowest BCUT2D eigenvalue weighted by molar-refractivity contribution is -0.478. The Hall–Kier alpha value is -3.11. The Morgan fingerprint density at radius 3 is 2.52 bits per heavy atom. The van der Waals surface area contributed by atoms with Crippen molar-refractivity contribution in [3.8, 4) is 0 Å². The van der Waals surface area contributed by atoms with Crippen molar-refractivity contribution in [2.75, 3.05) is 12.4 Å². The second-order valence-electron chi connectivity index (χ2n) is 6.69. The average molecular weight is 438 g/mol. The molecule has 0 spiro atoms. The molecule has 0 aliphatic rings. The summed E-state index contributed by atoms with van der Waals surface area (Å²) in [5.74, 6) is 3.44. The van der Waals surface area contributed by atoms with Crippen molar-refractivity contribution in [2.45, 2.75) is 39.5 Å². The molecule has 0 bridgehead atoms. The van der Waals surface area contributed by atoms with Gasteiger partial charge in [0.25, 0.3) is 0 Å². The fourth-order valence-electron chi connectivity index (χ4n) is 2.90. The van der Waals surface area contributed by atoms with Crippen LogP contribution in [0.3, 0.4) is 0 Å². The number of alkyl halides is 3. The number of halogens is 3. The van der Waals surface area contributed by atoms with Crippen LogP contribution in [0.4, 0.5) is 23.7 Å². The molecular weight excluding hydrogens is 411 g/mol. The average Bonchev–Trinajstić information content (AvgIpc) is 2.76. The normalized spacial score (nSPS) is 11.9. The largest absolute Gasteiger partial charge is 0.416 e. The number of quaternary nitrogens is 1. The van der Waals surface area contributed by atoms with Crippen molar-refractivity contribution in [2.24, 2.45) is 5.16 Å². The van der Waals surface area contributed by atoms with Crippen LogP contribution in [0.2, 0.25) is 0 Å². The molecule has 0 aliphatic carbocycles. The van der Waals surface area contributed by atoms with Gasteiger partial charge in [0, 0.05) is 18.3 Å². The van der Waals surface area contributed by atoms with E-state index in [1.807, 2.05) is 19.1 Å². The van der Waals surface area contributed by atoms with Gasteiger partial charge in [0.15, 0.2) is 0 Å². The van der Waals surface area contributed by atoms with Crippen molar-refractivity contribution in [3.63, 3.8) is 0 Å². The van der Waals surface area contributed by atoms with E-state index in [2.05, 4.69) is 21.8 Å².